The number of anilines is 1. The molecule has 2 rings (SSSR count). The molecule has 0 aliphatic carbocycles. The molecule has 0 aliphatic rings. The van der Waals surface area contributed by atoms with Gasteiger partial charge in [0.05, 0.1) is 5.69 Å². The summed E-state index contributed by atoms with van der Waals surface area (Å²) >= 11 is 11.9. The van der Waals surface area contributed by atoms with Crippen molar-refractivity contribution in [2.75, 3.05) is 12.4 Å². The SMILES string of the molecule is CNS(=O)(=O)c1ccccc1NCc1ccc(Cl)cc1Cl. The Morgan fingerprint density at radius 1 is 1.10 bits per heavy atom. The van der Waals surface area contributed by atoms with E-state index in [2.05, 4.69) is 10.0 Å². The van der Waals surface area contributed by atoms with Gasteiger partial charge in [-0.25, -0.2) is 13.1 Å². The van der Waals surface area contributed by atoms with Gasteiger partial charge in [-0.05, 0) is 36.9 Å². The molecule has 0 unspecified atom stereocenters. The Balaban J connectivity index is 2.25. The zero-order valence-electron chi connectivity index (χ0n) is 11.2. The summed E-state index contributed by atoms with van der Waals surface area (Å²) in [6.45, 7) is 0.395. The van der Waals surface area contributed by atoms with Crippen molar-refractivity contribution in [2.24, 2.45) is 0 Å². The Kier molecular flexibility index (Phi) is 5.11. The highest BCUT2D eigenvalue weighted by molar-refractivity contribution is 7.89. The van der Waals surface area contributed by atoms with Gasteiger partial charge in [0.15, 0.2) is 0 Å². The van der Waals surface area contributed by atoms with Crippen molar-refractivity contribution in [3.63, 3.8) is 0 Å². The molecule has 2 N–H and O–H groups in total. The molecule has 0 aliphatic heterocycles. The maximum atomic E-state index is 12.0. The molecule has 21 heavy (non-hydrogen) atoms. The van der Waals surface area contributed by atoms with E-state index in [9.17, 15) is 8.42 Å². The highest BCUT2D eigenvalue weighted by Gasteiger charge is 2.15. The molecule has 112 valence electrons. The third-order valence-corrected chi connectivity index (χ3v) is 4.99. The van der Waals surface area contributed by atoms with Gasteiger partial charge in [-0.15, -0.1) is 0 Å². The van der Waals surface area contributed by atoms with Crippen LogP contribution in [-0.4, -0.2) is 15.5 Å². The van der Waals surface area contributed by atoms with E-state index < -0.39 is 10.0 Å². The smallest absolute Gasteiger partial charge is 0.242 e. The van der Waals surface area contributed by atoms with Crippen LogP contribution in [0.25, 0.3) is 0 Å². The fourth-order valence-electron chi connectivity index (χ4n) is 1.81. The molecule has 0 amide bonds. The van der Waals surface area contributed by atoms with Crippen molar-refractivity contribution in [3.05, 3.63) is 58.1 Å². The molecule has 2 aromatic carbocycles. The van der Waals surface area contributed by atoms with Gasteiger partial charge in [-0.1, -0.05) is 41.4 Å². The normalized spacial score (nSPS) is 11.4. The maximum absolute atomic E-state index is 12.0. The summed E-state index contributed by atoms with van der Waals surface area (Å²) in [6, 6.07) is 11.9. The van der Waals surface area contributed by atoms with Gasteiger partial charge in [0, 0.05) is 16.6 Å². The summed E-state index contributed by atoms with van der Waals surface area (Å²) in [5.74, 6) is 0. The molecule has 0 atom stereocenters. The number of benzene rings is 2. The molecule has 0 saturated heterocycles. The molecule has 0 spiro atoms. The topological polar surface area (TPSA) is 58.2 Å². The van der Waals surface area contributed by atoms with Crippen LogP contribution >= 0.6 is 23.2 Å². The molecule has 2 aromatic rings. The van der Waals surface area contributed by atoms with Crippen LogP contribution in [0, 0.1) is 0 Å². The second kappa shape index (κ2) is 6.66. The maximum Gasteiger partial charge on any atom is 0.242 e. The predicted molar refractivity (Wildman–Crippen MR) is 86.5 cm³/mol. The van der Waals surface area contributed by atoms with Gasteiger partial charge in [0.25, 0.3) is 0 Å². The van der Waals surface area contributed by atoms with Crippen LogP contribution in [0.5, 0.6) is 0 Å². The fraction of sp³-hybridized carbons (Fsp3) is 0.143. The molecular weight excluding hydrogens is 331 g/mol. The predicted octanol–water partition coefficient (Wildman–Crippen LogP) is 3.51. The zero-order chi connectivity index (χ0) is 15.5. The first-order chi connectivity index (χ1) is 9.94. The van der Waals surface area contributed by atoms with E-state index in [1.807, 2.05) is 0 Å². The summed E-state index contributed by atoms with van der Waals surface area (Å²) in [5.41, 5.74) is 1.34. The van der Waals surface area contributed by atoms with Crippen LogP contribution in [0.3, 0.4) is 0 Å². The molecule has 0 radical (unpaired) electrons. The standard InChI is InChI=1S/C14H14Cl2N2O2S/c1-17-21(19,20)14-5-3-2-4-13(14)18-9-10-6-7-11(15)8-12(10)16/h2-8,17-18H,9H2,1H3. The van der Waals surface area contributed by atoms with E-state index in [4.69, 9.17) is 23.2 Å². The molecule has 0 aromatic heterocycles. The molecule has 0 saturated carbocycles. The highest BCUT2D eigenvalue weighted by atomic mass is 35.5. The highest BCUT2D eigenvalue weighted by Crippen LogP contribution is 2.24. The van der Waals surface area contributed by atoms with Crippen LogP contribution in [0.1, 0.15) is 5.56 Å². The summed E-state index contributed by atoms with van der Waals surface area (Å²) in [5, 5.41) is 4.17. The van der Waals surface area contributed by atoms with Gasteiger partial charge < -0.3 is 5.32 Å². The molecule has 7 heteroatoms. The minimum Gasteiger partial charge on any atom is -0.380 e. The van der Waals surface area contributed by atoms with E-state index in [0.717, 1.165) is 5.56 Å². The number of rotatable bonds is 5. The monoisotopic (exact) mass is 344 g/mol. The lowest BCUT2D eigenvalue weighted by molar-refractivity contribution is 0.588. The van der Waals surface area contributed by atoms with Crippen LogP contribution in [0.4, 0.5) is 5.69 Å². The lowest BCUT2D eigenvalue weighted by Crippen LogP contribution is -2.20. The summed E-state index contributed by atoms with van der Waals surface area (Å²) in [4.78, 5) is 0.192. The first kappa shape index (κ1) is 16.1. The van der Waals surface area contributed by atoms with Crippen LogP contribution in [0.2, 0.25) is 10.0 Å². The molecular formula is C14H14Cl2N2O2S. The van der Waals surface area contributed by atoms with Crippen molar-refractivity contribution in [1.82, 2.24) is 4.72 Å². The van der Waals surface area contributed by atoms with Gasteiger partial charge >= 0.3 is 0 Å². The number of hydrogen-bond donors (Lipinski definition) is 2. The number of halogens is 2. The number of hydrogen-bond acceptors (Lipinski definition) is 3. The van der Waals surface area contributed by atoms with Gasteiger partial charge in [-0.2, -0.15) is 0 Å². The van der Waals surface area contributed by atoms with Crippen molar-refractivity contribution < 1.29 is 8.42 Å². The Labute approximate surface area is 134 Å². The van der Waals surface area contributed by atoms with E-state index >= 15 is 0 Å². The van der Waals surface area contributed by atoms with Gasteiger partial charge in [0.2, 0.25) is 10.0 Å². The zero-order valence-corrected chi connectivity index (χ0v) is 13.6. The third-order valence-electron chi connectivity index (χ3n) is 2.93. The second-order valence-electron chi connectivity index (χ2n) is 4.29. The van der Waals surface area contributed by atoms with Crippen molar-refractivity contribution in [3.8, 4) is 0 Å². The van der Waals surface area contributed by atoms with E-state index in [-0.39, 0.29) is 4.90 Å². The lowest BCUT2D eigenvalue weighted by Gasteiger charge is -2.12. The average Bonchev–Trinajstić information content (AvgIpc) is 2.46. The lowest BCUT2D eigenvalue weighted by atomic mass is 10.2. The first-order valence-corrected chi connectivity index (χ1v) is 8.38. The van der Waals surface area contributed by atoms with Crippen LogP contribution < -0.4 is 10.0 Å². The quantitative estimate of drug-likeness (QED) is 0.872. The Hall–Kier alpha value is -1.27. The number of nitrogens with one attached hydrogen (secondary N) is 2. The summed E-state index contributed by atoms with van der Waals surface area (Å²) < 4.78 is 26.2. The van der Waals surface area contributed by atoms with Crippen LogP contribution in [-0.2, 0) is 16.6 Å². The van der Waals surface area contributed by atoms with E-state index in [1.165, 1.54) is 13.1 Å². The second-order valence-corrected chi connectivity index (χ2v) is 6.99. The number of sulfonamides is 1. The summed E-state index contributed by atoms with van der Waals surface area (Å²) in [6.07, 6.45) is 0. The fourth-order valence-corrected chi connectivity index (χ4v) is 3.20. The Morgan fingerprint density at radius 2 is 1.81 bits per heavy atom. The molecule has 4 nitrogen and oxygen atoms in total. The summed E-state index contributed by atoms with van der Waals surface area (Å²) in [7, 11) is -2.14. The molecule has 0 fully saturated rings. The van der Waals surface area contributed by atoms with E-state index in [0.29, 0.717) is 22.3 Å². The van der Waals surface area contributed by atoms with Crippen molar-refractivity contribution in [1.29, 1.82) is 0 Å². The average molecular weight is 345 g/mol. The van der Waals surface area contributed by atoms with Gasteiger partial charge in [0.1, 0.15) is 4.90 Å². The molecule has 0 heterocycles. The van der Waals surface area contributed by atoms with Gasteiger partial charge in [-0.3, -0.25) is 0 Å². The minimum atomic E-state index is -3.52. The van der Waals surface area contributed by atoms with Crippen molar-refractivity contribution in [2.45, 2.75) is 11.4 Å². The van der Waals surface area contributed by atoms with Crippen molar-refractivity contribution >= 4 is 38.9 Å². The molecule has 0 bridgehead atoms. The largest absolute Gasteiger partial charge is 0.380 e. The Bertz CT molecular complexity index is 748. The number of para-hydroxylation sites is 1. The minimum absolute atomic E-state index is 0.192. The third kappa shape index (κ3) is 3.89. The van der Waals surface area contributed by atoms with E-state index in [1.54, 1.807) is 36.4 Å². The Morgan fingerprint density at radius 3 is 2.48 bits per heavy atom. The van der Waals surface area contributed by atoms with Crippen LogP contribution in [0.15, 0.2) is 47.4 Å². The first-order valence-electron chi connectivity index (χ1n) is 6.14.